The van der Waals surface area contributed by atoms with Crippen LogP contribution in [0, 0.1) is 5.92 Å². The van der Waals surface area contributed by atoms with Crippen molar-refractivity contribution in [3.8, 4) is 0 Å². The summed E-state index contributed by atoms with van der Waals surface area (Å²) < 4.78 is 2.29. The number of hydrogen-bond donors (Lipinski definition) is 1. The quantitative estimate of drug-likeness (QED) is 0.542. The second kappa shape index (κ2) is 9.03. The molecule has 0 aromatic carbocycles. The van der Waals surface area contributed by atoms with E-state index in [-0.39, 0.29) is 6.04 Å². The Morgan fingerprint density at radius 3 is 2.38 bits per heavy atom. The highest BCUT2D eigenvalue weighted by atomic mass is 15.3. The van der Waals surface area contributed by atoms with E-state index in [9.17, 15) is 0 Å². The fourth-order valence-corrected chi connectivity index (χ4v) is 4.33. The number of nitrogens with zero attached hydrogens (tertiary/aromatic N) is 2. The van der Waals surface area contributed by atoms with Crippen molar-refractivity contribution in [2.24, 2.45) is 11.7 Å². The minimum absolute atomic E-state index is 0.173. The van der Waals surface area contributed by atoms with Gasteiger partial charge in [-0.1, -0.05) is 73.1 Å². The van der Waals surface area contributed by atoms with Crippen LogP contribution in [-0.2, 0) is 6.42 Å². The number of nitrogens with two attached hydrogens (primary N) is 1. The Hall–Kier alpha value is -0.830. The SMILES string of the molecule is CCCCCCCCC(C)c1c(CC)nn2c1C(N)CC2C(C)C. The fraction of sp³-hybridized carbons (Fsp3) is 0.857. The van der Waals surface area contributed by atoms with Crippen molar-refractivity contribution in [3.63, 3.8) is 0 Å². The number of aryl methyl sites for hydroxylation is 1. The highest BCUT2D eigenvalue weighted by molar-refractivity contribution is 5.35. The molecule has 0 radical (unpaired) electrons. The van der Waals surface area contributed by atoms with Crippen molar-refractivity contribution in [3.05, 3.63) is 17.0 Å². The van der Waals surface area contributed by atoms with Crippen LogP contribution in [0.3, 0.4) is 0 Å². The van der Waals surface area contributed by atoms with E-state index in [0.29, 0.717) is 17.9 Å². The summed E-state index contributed by atoms with van der Waals surface area (Å²) in [5.74, 6) is 1.19. The predicted octanol–water partition coefficient (Wildman–Crippen LogP) is 5.90. The molecule has 0 fully saturated rings. The highest BCUT2D eigenvalue weighted by Gasteiger charge is 2.36. The van der Waals surface area contributed by atoms with E-state index in [1.54, 1.807) is 0 Å². The lowest BCUT2D eigenvalue weighted by atomic mass is 9.90. The number of aromatic nitrogens is 2. The van der Waals surface area contributed by atoms with E-state index in [1.165, 1.54) is 61.9 Å². The first-order valence-corrected chi connectivity index (χ1v) is 10.4. The van der Waals surface area contributed by atoms with Gasteiger partial charge >= 0.3 is 0 Å². The Morgan fingerprint density at radius 2 is 1.75 bits per heavy atom. The molecular weight excluding hydrogens is 294 g/mol. The zero-order chi connectivity index (χ0) is 17.7. The number of hydrogen-bond acceptors (Lipinski definition) is 2. The van der Waals surface area contributed by atoms with Crippen molar-refractivity contribution in [1.82, 2.24) is 9.78 Å². The topological polar surface area (TPSA) is 43.8 Å². The Bertz CT molecular complexity index is 503. The first-order chi connectivity index (χ1) is 11.5. The number of rotatable bonds is 10. The molecule has 1 aliphatic heterocycles. The van der Waals surface area contributed by atoms with Crippen LogP contribution in [0.15, 0.2) is 0 Å². The summed E-state index contributed by atoms with van der Waals surface area (Å²) >= 11 is 0. The molecule has 2 N–H and O–H groups in total. The molecule has 1 aromatic rings. The Labute approximate surface area is 149 Å². The molecule has 0 saturated carbocycles. The van der Waals surface area contributed by atoms with Crippen molar-refractivity contribution in [2.75, 3.05) is 0 Å². The lowest BCUT2D eigenvalue weighted by Crippen LogP contribution is -2.13. The maximum absolute atomic E-state index is 6.53. The van der Waals surface area contributed by atoms with Crippen molar-refractivity contribution in [1.29, 1.82) is 0 Å². The molecule has 0 aliphatic carbocycles. The molecule has 0 saturated heterocycles. The molecule has 3 heteroatoms. The average Bonchev–Trinajstić information content (AvgIpc) is 3.08. The van der Waals surface area contributed by atoms with Gasteiger partial charge in [0, 0.05) is 11.6 Å². The summed E-state index contributed by atoms with van der Waals surface area (Å²) in [6.45, 7) is 11.5. The average molecular weight is 334 g/mol. The molecule has 0 spiro atoms. The van der Waals surface area contributed by atoms with Crippen molar-refractivity contribution < 1.29 is 0 Å². The minimum Gasteiger partial charge on any atom is -0.323 e. The summed E-state index contributed by atoms with van der Waals surface area (Å²) in [4.78, 5) is 0. The van der Waals surface area contributed by atoms with E-state index in [2.05, 4.69) is 39.3 Å². The second-order valence-corrected chi connectivity index (χ2v) is 8.15. The predicted molar refractivity (Wildman–Crippen MR) is 103 cm³/mol. The van der Waals surface area contributed by atoms with E-state index < -0.39 is 0 Å². The summed E-state index contributed by atoms with van der Waals surface area (Å²) in [7, 11) is 0. The summed E-state index contributed by atoms with van der Waals surface area (Å²) in [6, 6.07) is 0.655. The van der Waals surface area contributed by atoms with Gasteiger partial charge in [-0.15, -0.1) is 0 Å². The van der Waals surface area contributed by atoms with Crippen LogP contribution in [0.1, 0.15) is 121 Å². The van der Waals surface area contributed by atoms with Crippen LogP contribution in [-0.4, -0.2) is 9.78 Å². The third-order valence-corrected chi connectivity index (χ3v) is 5.81. The van der Waals surface area contributed by atoms with Crippen molar-refractivity contribution >= 4 is 0 Å². The van der Waals surface area contributed by atoms with E-state index in [0.717, 1.165) is 12.8 Å². The molecule has 24 heavy (non-hydrogen) atoms. The first-order valence-electron chi connectivity index (χ1n) is 10.4. The third-order valence-electron chi connectivity index (χ3n) is 5.81. The molecule has 3 nitrogen and oxygen atoms in total. The van der Waals surface area contributed by atoms with Gasteiger partial charge in [0.15, 0.2) is 0 Å². The fourth-order valence-electron chi connectivity index (χ4n) is 4.33. The van der Waals surface area contributed by atoms with Crippen LogP contribution < -0.4 is 5.73 Å². The van der Waals surface area contributed by atoms with Gasteiger partial charge in [0.25, 0.3) is 0 Å². The van der Waals surface area contributed by atoms with Gasteiger partial charge in [-0.25, -0.2) is 0 Å². The molecule has 1 aliphatic rings. The standard InChI is InChI=1S/C21H39N3/c1-6-8-9-10-11-12-13-16(5)20-18(7-2)23-24-19(15(3)4)14-17(22)21(20)24/h15-17,19H,6-14,22H2,1-5H3. The third kappa shape index (κ3) is 4.22. The summed E-state index contributed by atoms with van der Waals surface area (Å²) in [5, 5.41) is 4.99. The zero-order valence-corrected chi connectivity index (χ0v) is 16.6. The van der Waals surface area contributed by atoms with Gasteiger partial charge < -0.3 is 5.73 Å². The molecule has 0 amide bonds. The van der Waals surface area contributed by atoms with Crippen LogP contribution >= 0.6 is 0 Å². The summed E-state index contributed by atoms with van der Waals surface area (Å²) in [5.41, 5.74) is 10.7. The molecular formula is C21H39N3. The molecule has 1 aromatic heterocycles. The van der Waals surface area contributed by atoms with Gasteiger partial charge in [0.1, 0.15) is 0 Å². The Balaban J connectivity index is 2.05. The van der Waals surface area contributed by atoms with E-state index in [1.807, 2.05) is 0 Å². The largest absolute Gasteiger partial charge is 0.323 e. The van der Waals surface area contributed by atoms with Crippen LogP contribution in [0.4, 0.5) is 0 Å². The monoisotopic (exact) mass is 333 g/mol. The Kier molecular flexibility index (Phi) is 7.34. The van der Waals surface area contributed by atoms with Gasteiger partial charge in [-0.2, -0.15) is 5.10 Å². The molecule has 2 rings (SSSR count). The maximum Gasteiger partial charge on any atom is 0.0660 e. The number of fused-ring (bicyclic) bond motifs is 1. The van der Waals surface area contributed by atoms with E-state index >= 15 is 0 Å². The molecule has 3 atom stereocenters. The van der Waals surface area contributed by atoms with Crippen LogP contribution in [0.2, 0.25) is 0 Å². The van der Waals surface area contributed by atoms with Gasteiger partial charge in [0.2, 0.25) is 0 Å². The lowest BCUT2D eigenvalue weighted by Gasteiger charge is -2.16. The molecule has 3 unspecified atom stereocenters. The lowest BCUT2D eigenvalue weighted by molar-refractivity contribution is 0.354. The van der Waals surface area contributed by atoms with E-state index in [4.69, 9.17) is 10.8 Å². The molecule has 2 heterocycles. The van der Waals surface area contributed by atoms with Gasteiger partial charge in [-0.05, 0) is 31.1 Å². The van der Waals surface area contributed by atoms with Crippen LogP contribution in [0.25, 0.3) is 0 Å². The van der Waals surface area contributed by atoms with Gasteiger partial charge in [0.05, 0.1) is 17.4 Å². The molecule has 0 bridgehead atoms. The zero-order valence-electron chi connectivity index (χ0n) is 16.6. The second-order valence-electron chi connectivity index (χ2n) is 8.15. The van der Waals surface area contributed by atoms with Crippen LogP contribution in [0.5, 0.6) is 0 Å². The number of unbranched alkanes of at least 4 members (excludes halogenated alkanes) is 5. The Morgan fingerprint density at radius 1 is 1.08 bits per heavy atom. The molecule has 138 valence electrons. The maximum atomic E-state index is 6.53. The smallest absolute Gasteiger partial charge is 0.0660 e. The normalized spacial score (nSPS) is 21.5. The van der Waals surface area contributed by atoms with Gasteiger partial charge in [-0.3, -0.25) is 4.68 Å². The van der Waals surface area contributed by atoms with Crippen molar-refractivity contribution in [2.45, 2.75) is 110 Å². The first kappa shape index (κ1) is 19.5. The highest BCUT2D eigenvalue weighted by Crippen LogP contribution is 2.42. The summed E-state index contributed by atoms with van der Waals surface area (Å²) in [6.07, 6.45) is 11.6. The minimum atomic E-state index is 0.173.